The second-order valence-electron chi connectivity index (χ2n) is 3.48. The van der Waals surface area contributed by atoms with Gasteiger partial charge < -0.3 is 14.8 Å². The fourth-order valence-corrected chi connectivity index (χ4v) is 2.37. The lowest BCUT2D eigenvalue weighted by Gasteiger charge is -2.17. The minimum atomic E-state index is -0.669. The number of esters is 1. The molecule has 0 bridgehead atoms. The summed E-state index contributed by atoms with van der Waals surface area (Å²) >= 11 is 7.95. The number of benzene rings is 1. The summed E-state index contributed by atoms with van der Waals surface area (Å²) in [5, 5.41) is 3.61. The van der Waals surface area contributed by atoms with Crippen molar-refractivity contribution < 1.29 is 14.3 Å². The third-order valence-corrected chi connectivity index (χ3v) is 3.29. The summed E-state index contributed by atoms with van der Waals surface area (Å²) in [6.07, 6.45) is 0.759. The zero-order chi connectivity index (χ0) is 13.5. The lowest BCUT2D eigenvalue weighted by molar-refractivity contribution is -0.144. The van der Waals surface area contributed by atoms with E-state index in [2.05, 4.69) is 27.9 Å². The normalized spacial score (nSPS) is 11.7. The Bertz CT molecular complexity index is 439. The molecule has 1 rings (SSSR count). The first-order valence-electron chi connectivity index (χ1n) is 5.40. The quantitative estimate of drug-likeness (QED) is 0.468. The molecule has 1 unspecified atom stereocenters. The maximum atomic E-state index is 11.6. The first kappa shape index (κ1) is 15.2. The van der Waals surface area contributed by atoms with Crippen LogP contribution in [0, 0.1) is 3.57 Å². The molecule has 0 spiro atoms. The summed E-state index contributed by atoms with van der Waals surface area (Å²) in [6.45, 7) is 2.01. The van der Waals surface area contributed by atoms with Gasteiger partial charge in [0.15, 0.2) is 0 Å². The van der Waals surface area contributed by atoms with Crippen molar-refractivity contribution in [1.82, 2.24) is 0 Å². The molecule has 0 heterocycles. The van der Waals surface area contributed by atoms with Crippen molar-refractivity contribution in [2.24, 2.45) is 0 Å². The highest BCUT2D eigenvalue weighted by Gasteiger charge is 2.19. The summed E-state index contributed by atoms with van der Waals surface area (Å²) in [5.74, 6) is -0.435. The van der Waals surface area contributed by atoms with Crippen LogP contribution >= 0.6 is 34.2 Å². The van der Waals surface area contributed by atoms with Gasteiger partial charge >= 0.3 is 5.97 Å². The lowest BCUT2D eigenvalue weighted by Crippen LogP contribution is -2.32. The van der Waals surface area contributed by atoms with Crippen molar-refractivity contribution in [2.75, 3.05) is 11.9 Å². The SMILES string of the molecule is CCOC(=O)C(CC=O)Nc1ccc(Cl)cc1I. The number of hydrogen-bond donors (Lipinski definition) is 1. The third kappa shape index (κ3) is 4.45. The smallest absolute Gasteiger partial charge is 0.328 e. The average molecular weight is 382 g/mol. The first-order chi connectivity index (χ1) is 8.58. The Morgan fingerprint density at radius 3 is 2.89 bits per heavy atom. The van der Waals surface area contributed by atoms with Crippen molar-refractivity contribution in [3.63, 3.8) is 0 Å². The van der Waals surface area contributed by atoms with Gasteiger partial charge in [0.05, 0.1) is 6.61 Å². The van der Waals surface area contributed by atoms with Crippen LogP contribution in [0.3, 0.4) is 0 Å². The number of halogens is 2. The number of hydrogen-bond acceptors (Lipinski definition) is 4. The summed E-state index contributed by atoms with van der Waals surface area (Å²) in [5.41, 5.74) is 0.750. The fourth-order valence-electron chi connectivity index (χ4n) is 1.35. The molecule has 0 aliphatic rings. The van der Waals surface area contributed by atoms with Crippen molar-refractivity contribution in [2.45, 2.75) is 19.4 Å². The van der Waals surface area contributed by atoms with Crippen LogP contribution < -0.4 is 5.32 Å². The summed E-state index contributed by atoms with van der Waals surface area (Å²) < 4.78 is 5.78. The van der Waals surface area contributed by atoms with Crippen LogP contribution in [0.2, 0.25) is 5.02 Å². The van der Waals surface area contributed by atoms with E-state index in [-0.39, 0.29) is 13.0 Å². The monoisotopic (exact) mass is 381 g/mol. The second-order valence-corrected chi connectivity index (χ2v) is 5.07. The zero-order valence-corrected chi connectivity index (χ0v) is 12.7. The molecule has 1 atom stereocenters. The van der Waals surface area contributed by atoms with Gasteiger partial charge in [-0.25, -0.2) is 4.79 Å². The molecule has 98 valence electrons. The minimum Gasteiger partial charge on any atom is -0.464 e. The number of rotatable bonds is 6. The summed E-state index contributed by atoms with van der Waals surface area (Å²) in [6, 6.07) is 4.58. The topological polar surface area (TPSA) is 55.4 Å². The molecule has 0 saturated heterocycles. The largest absolute Gasteiger partial charge is 0.464 e. The number of aldehydes is 1. The standard InChI is InChI=1S/C12H13ClINO3/c1-2-18-12(17)11(5-6-16)15-10-4-3-8(13)7-9(10)14/h3-4,6-7,11,15H,2,5H2,1H3. The zero-order valence-electron chi connectivity index (χ0n) is 9.78. The van der Waals surface area contributed by atoms with Crippen LogP contribution in [-0.2, 0) is 14.3 Å². The lowest BCUT2D eigenvalue weighted by atomic mass is 10.2. The molecule has 18 heavy (non-hydrogen) atoms. The second kappa shape index (κ2) is 7.58. The molecular weight excluding hydrogens is 368 g/mol. The van der Waals surface area contributed by atoms with Gasteiger partial charge in [-0.15, -0.1) is 0 Å². The van der Waals surface area contributed by atoms with Gasteiger partial charge in [0.2, 0.25) is 0 Å². The Labute approximate surface area is 124 Å². The third-order valence-electron chi connectivity index (χ3n) is 2.16. The molecule has 1 aromatic carbocycles. The maximum absolute atomic E-state index is 11.6. The van der Waals surface area contributed by atoms with Crippen molar-refractivity contribution in [3.05, 3.63) is 26.8 Å². The molecule has 1 N–H and O–H groups in total. The molecule has 0 aliphatic heterocycles. The van der Waals surface area contributed by atoms with Crippen LogP contribution in [0.15, 0.2) is 18.2 Å². The van der Waals surface area contributed by atoms with Gasteiger partial charge in [0, 0.05) is 20.7 Å². The Hall–Kier alpha value is -0.820. The van der Waals surface area contributed by atoms with Gasteiger partial charge in [0.25, 0.3) is 0 Å². The highest BCUT2D eigenvalue weighted by atomic mass is 127. The van der Waals surface area contributed by atoms with Gasteiger partial charge in [-0.3, -0.25) is 0 Å². The Balaban J connectivity index is 2.82. The van der Waals surface area contributed by atoms with E-state index < -0.39 is 12.0 Å². The van der Waals surface area contributed by atoms with E-state index >= 15 is 0 Å². The molecule has 0 aliphatic carbocycles. The van der Waals surface area contributed by atoms with E-state index in [1.807, 2.05) is 0 Å². The molecule has 0 saturated carbocycles. The number of ether oxygens (including phenoxy) is 1. The van der Waals surface area contributed by atoms with Crippen molar-refractivity contribution >= 4 is 52.1 Å². The highest BCUT2D eigenvalue weighted by molar-refractivity contribution is 14.1. The predicted molar refractivity (Wildman–Crippen MR) is 78.9 cm³/mol. The maximum Gasteiger partial charge on any atom is 0.328 e. The van der Waals surface area contributed by atoms with E-state index in [1.54, 1.807) is 25.1 Å². The van der Waals surface area contributed by atoms with Gasteiger partial charge in [-0.05, 0) is 47.7 Å². The molecule has 4 nitrogen and oxygen atoms in total. The average Bonchev–Trinajstić information content (AvgIpc) is 2.32. The Morgan fingerprint density at radius 1 is 1.61 bits per heavy atom. The molecule has 0 radical (unpaired) electrons. The van der Waals surface area contributed by atoms with Crippen molar-refractivity contribution in [3.8, 4) is 0 Å². The van der Waals surface area contributed by atoms with E-state index in [1.165, 1.54) is 0 Å². The van der Waals surface area contributed by atoms with Crippen LogP contribution in [0.25, 0.3) is 0 Å². The van der Waals surface area contributed by atoms with E-state index in [0.717, 1.165) is 9.26 Å². The molecule has 1 aromatic rings. The van der Waals surface area contributed by atoms with Crippen LogP contribution in [0.5, 0.6) is 0 Å². The Kier molecular flexibility index (Phi) is 6.42. The van der Waals surface area contributed by atoms with Gasteiger partial charge in [-0.2, -0.15) is 0 Å². The molecule has 0 amide bonds. The van der Waals surface area contributed by atoms with Crippen LogP contribution in [0.1, 0.15) is 13.3 Å². The number of carbonyl (C=O) groups excluding carboxylic acids is 2. The summed E-state index contributed by atoms with van der Waals surface area (Å²) in [7, 11) is 0. The molecule has 0 fully saturated rings. The van der Waals surface area contributed by atoms with E-state index in [4.69, 9.17) is 16.3 Å². The molecule has 0 aromatic heterocycles. The van der Waals surface area contributed by atoms with Crippen LogP contribution in [-0.4, -0.2) is 24.9 Å². The fraction of sp³-hybridized carbons (Fsp3) is 0.333. The predicted octanol–water partition coefficient (Wildman–Crippen LogP) is 2.88. The number of anilines is 1. The van der Waals surface area contributed by atoms with Crippen LogP contribution in [0.4, 0.5) is 5.69 Å². The molecular formula is C12H13ClINO3. The minimum absolute atomic E-state index is 0.0670. The first-order valence-corrected chi connectivity index (χ1v) is 6.86. The number of carbonyl (C=O) groups is 2. The molecule has 6 heteroatoms. The van der Waals surface area contributed by atoms with E-state index in [0.29, 0.717) is 11.3 Å². The summed E-state index contributed by atoms with van der Waals surface area (Å²) in [4.78, 5) is 22.2. The number of nitrogens with one attached hydrogen (secondary N) is 1. The van der Waals surface area contributed by atoms with Gasteiger partial charge in [0.1, 0.15) is 12.3 Å². The van der Waals surface area contributed by atoms with Crippen molar-refractivity contribution in [1.29, 1.82) is 0 Å². The van der Waals surface area contributed by atoms with E-state index in [9.17, 15) is 9.59 Å². The highest BCUT2D eigenvalue weighted by Crippen LogP contribution is 2.23. The Morgan fingerprint density at radius 2 is 2.33 bits per heavy atom. The van der Waals surface area contributed by atoms with Gasteiger partial charge in [-0.1, -0.05) is 11.6 Å².